The van der Waals surface area contributed by atoms with E-state index >= 15 is 0 Å². The average Bonchev–Trinajstić information content (AvgIpc) is 2.36. The molecule has 0 saturated carbocycles. The topological polar surface area (TPSA) is 111 Å². The van der Waals surface area contributed by atoms with Crippen molar-refractivity contribution in [1.82, 2.24) is 9.55 Å². The monoisotopic (exact) mass is 271 g/mol. The van der Waals surface area contributed by atoms with Crippen molar-refractivity contribution in [2.45, 2.75) is 25.3 Å². The number of aliphatic hydroxyl groups is 2. The Bertz CT molecular complexity index is 571. The SMILES string of the molecule is CC1=C(n2ccc(N)nc2=O)[C@@H](F)[C@@H](O)[C@@H](CO)O1. The Morgan fingerprint density at radius 3 is 2.89 bits per heavy atom. The van der Waals surface area contributed by atoms with Gasteiger partial charge in [-0.25, -0.2) is 9.18 Å². The first-order chi connectivity index (χ1) is 8.95. The van der Waals surface area contributed by atoms with E-state index in [1.165, 1.54) is 19.2 Å². The molecule has 1 aromatic heterocycles. The van der Waals surface area contributed by atoms with Gasteiger partial charge in [0.15, 0.2) is 12.3 Å². The summed E-state index contributed by atoms with van der Waals surface area (Å²) in [6.07, 6.45) is -3.23. The van der Waals surface area contributed by atoms with Crippen LogP contribution in [0.4, 0.5) is 10.2 Å². The third-order valence-electron chi connectivity index (χ3n) is 2.90. The largest absolute Gasteiger partial charge is 0.488 e. The number of nitrogens with two attached hydrogens (primary N) is 1. The van der Waals surface area contributed by atoms with Crippen LogP contribution in [0, 0.1) is 0 Å². The lowest BCUT2D eigenvalue weighted by Gasteiger charge is -2.33. The summed E-state index contributed by atoms with van der Waals surface area (Å²) >= 11 is 0. The first-order valence-corrected chi connectivity index (χ1v) is 5.61. The highest BCUT2D eigenvalue weighted by Gasteiger charge is 2.39. The maximum Gasteiger partial charge on any atom is 0.354 e. The summed E-state index contributed by atoms with van der Waals surface area (Å²) in [5.74, 6) is 0.117. The van der Waals surface area contributed by atoms with Gasteiger partial charge in [0.25, 0.3) is 0 Å². The third kappa shape index (κ3) is 2.32. The van der Waals surface area contributed by atoms with Gasteiger partial charge >= 0.3 is 5.69 Å². The van der Waals surface area contributed by atoms with Crippen molar-refractivity contribution in [2.75, 3.05) is 12.3 Å². The second kappa shape index (κ2) is 4.98. The molecule has 0 aromatic carbocycles. The number of hydrogen-bond acceptors (Lipinski definition) is 6. The van der Waals surface area contributed by atoms with Crippen molar-refractivity contribution in [3.8, 4) is 0 Å². The molecule has 1 aliphatic rings. The van der Waals surface area contributed by atoms with Gasteiger partial charge in [0.2, 0.25) is 0 Å². The standard InChI is InChI=1S/C11H14FN3O4/c1-5-9(8(12)10(17)6(4-16)19-5)15-3-2-7(13)14-11(15)18/h2-3,6,8,10,16-17H,4H2,1H3,(H2,13,14,18)/t6-,8-,10+/m1/s1. The zero-order valence-electron chi connectivity index (χ0n) is 10.2. The minimum Gasteiger partial charge on any atom is -0.488 e. The van der Waals surface area contributed by atoms with Crippen LogP contribution in [0.3, 0.4) is 0 Å². The van der Waals surface area contributed by atoms with Crippen LogP contribution in [0.25, 0.3) is 5.70 Å². The molecule has 0 saturated heterocycles. The number of aromatic nitrogens is 2. The lowest BCUT2D eigenvalue weighted by atomic mass is 10.0. The second-order valence-corrected chi connectivity index (χ2v) is 4.18. The van der Waals surface area contributed by atoms with E-state index in [2.05, 4.69) is 4.98 Å². The van der Waals surface area contributed by atoms with E-state index in [1.807, 2.05) is 0 Å². The van der Waals surface area contributed by atoms with Gasteiger partial charge in [-0.05, 0) is 13.0 Å². The number of ether oxygens (including phenoxy) is 1. The summed E-state index contributed by atoms with van der Waals surface area (Å²) in [5.41, 5.74) is 4.44. The van der Waals surface area contributed by atoms with Crippen molar-refractivity contribution in [3.63, 3.8) is 0 Å². The highest BCUT2D eigenvalue weighted by Crippen LogP contribution is 2.29. The lowest BCUT2D eigenvalue weighted by Crippen LogP contribution is -2.46. The van der Waals surface area contributed by atoms with Gasteiger partial charge in [-0.1, -0.05) is 0 Å². The zero-order valence-corrected chi connectivity index (χ0v) is 10.2. The number of nitrogens with zero attached hydrogens (tertiary/aromatic N) is 2. The molecular formula is C11H14FN3O4. The van der Waals surface area contributed by atoms with E-state index < -0.39 is 30.7 Å². The second-order valence-electron chi connectivity index (χ2n) is 4.18. The summed E-state index contributed by atoms with van der Waals surface area (Å²) < 4.78 is 20.3. The van der Waals surface area contributed by atoms with E-state index in [1.54, 1.807) is 0 Å². The highest BCUT2D eigenvalue weighted by atomic mass is 19.1. The number of allylic oxidation sites excluding steroid dienone is 1. The Morgan fingerprint density at radius 1 is 1.63 bits per heavy atom. The predicted octanol–water partition coefficient (Wildman–Crippen LogP) is -0.896. The van der Waals surface area contributed by atoms with Crippen molar-refractivity contribution < 1.29 is 19.3 Å². The minimum atomic E-state index is -1.87. The molecule has 4 N–H and O–H groups in total. The van der Waals surface area contributed by atoms with E-state index in [0.29, 0.717) is 0 Å². The Kier molecular flexibility index (Phi) is 3.54. The number of hydrogen-bond donors (Lipinski definition) is 3. The number of alkyl halides is 1. The Hall–Kier alpha value is -1.93. The van der Waals surface area contributed by atoms with E-state index in [9.17, 15) is 14.3 Å². The van der Waals surface area contributed by atoms with Gasteiger partial charge in [0.1, 0.15) is 23.4 Å². The van der Waals surface area contributed by atoms with E-state index in [4.69, 9.17) is 15.6 Å². The Morgan fingerprint density at radius 2 is 2.32 bits per heavy atom. The normalized spacial score (nSPS) is 27.3. The quantitative estimate of drug-likeness (QED) is 0.643. The van der Waals surface area contributed by atoms with Gasteiger partial charge in [0.05, 0.1) is 6.61 Å². The average molecular weight is 271 g/mol. The van der Waals surface area contributed by atoms with Gasteiger partial charge in [-0.15, -0.1) is 0 Å². The molecule has 0 unspecified atom stereocenters. The van der Waals surface area contributed by atoms with Crippen molar-refractivity contribution >= 4 is 11.5 Å². The Labute approximate surface area is 107 Å². The molecule has 0 fully saturated rings. The lowest BCUT2D eigenvalue weighted by molar-refractivity contribution is -0.0690. The van der Waals surface area contributed by atoms with Gasteiger partial charge in [-0.2, -0.15) is 4.98 Å². The molecule has 7 nitrogen and oxygen atoms in total. The van der Waals surface area contributed by atoms with Crippen molar-refractivity contribution in [2.24, 2.45) is 0 Å². The van der Waals surface area contributed by atoms with Crippen LogP contribution in [-0.4, -0.2) is 44.8 Å². The van der Waals surface area contributed by atoms with Crippen molar-refractivity contribution in [1.29, 1.82) is 0 Å². The number of anilines is 1. The smallest absolute Gasteiger partial charge is 0.354 e. The number of halogens is 1. The molecule has 1 aromatic rings. The maximum atomic E-state index is 14.2. The van der Waals surface area contributed by atoms with Crippen LogP contribution in [0.2, 0.25) is 0 Å². The van der Waals surface area contributed by atoms with Crippen molar-refractivity contribution in [3.05, 3.63) is 28.5 Å². The maximum absolute atomic E-state index is 14.2. The molecule has 19 heavy (non-hydrogen) atoms. The molecule has 8 heteroatoms. The first kappa shape index (κ1) is 13.5. The van der Waals surface area contributed by atoms with Crippen LogP contribution in [0.15, 0.2) is 22.8 Å². The van der Waals surface area contributed by atoms with Crippen LogP contribution in [0.5, 0.6) is 0 Å². The summed E-state index contributed by atoms with van der Waals surface area (Å²) in [6, 6.07) is 1.33. The summed E-state index contributed by atoms with van der Waals surface area (Å²) in [5, 5.41) is 18.7. The van der Waals surface area contributed by atoms with E-state index in [0.717, 1.165) is 4.57 Å². The molecule has 0 aliphatic carbocycles. The fourth-order valence-corrected chi connectivity index (χ4v) is 1.95. The molecular weight excluding hydrogens is 257 g/mol. The van der Waals surface area contributed by atoms with Gasteiger partial charge in [-0.3, -0.25) is 4.57 Å². The third-order valence-corrected chi connectivity index (χ3v) is 2.90. The Balaban J connectivity index is 2.51. The molecule has 0 bridgehead atoms. The molecule has 1 aliphatic heterocycles. The van der Waals surface area contributed by atoms with Crippen LogP contribution in [0.1, 0.15) is 6.92 Å². The fourth-order valence-electron chi connectivity index (χ4n) is 1.95. The molecule has 2 rings (SSSR count). The van der Waals surface area contributed by atoms with Crippen LogP contribution in [-0.2, 0) is 4.74 Å². The summed E-state index contributed by atoms with van der Waals surface area (Å²) in [7, 11) is 0. The molecule has 3 atom stereocenters. The summed E-state index contributed by atoms with van der Waals surface area (Å²) in [4.78, 5) is 15.2. The highest BCUT2D eigenvalue weighted by molar-refractivity contribution is 5.54. The van der Waals surface area contributed by atoms with Gasteiger partial charge < -0.3 is 20.7 Å². The molecule has 2 heterocycles. The first-order valence-electron chi connectivity index (χ1n) is 5.61. The van der Waals surface area contributed by atoms with E-state index in [-0.39, 0.29) is 17.3 Å². The number of rotatable bonds is 2. The zero-order chi connectivity index (χ0) is 14.2. The molecule has 0 radical (unpaired) electrons. The molecule has 0 amide bonds. The minimum absolute atomic E-state index is 0.0143. The predicted molar refractivity (Wildman–Crippen MR) is 64.7 cm³/mol. The van der Waals surface area contributed by atoms with Gasteiger partial charge in [0, 0.05) is 6.20 Å². The molecule has 0 spiro atoms. The number of aliphatic hydroxyl groups excluding tert-OH is 2. The molecule has 104 valence electrons. The summed E-state index contributed by atoms with van der Waals surface area (Å²) in [6.45, 7) is 0.917. The fraction of sp³-hybridized carbons (Fsp3) is 0.455. The van der Waals surface area contributed by atoms with Crippen LogP contribution >= 0.6 is 0 Å². The van der Waals surface area contributed by atoms with Crippen LogP contribution < -0.4 is 11.4 Å². The number of nitrogen functional groups attached to an aromatic ring is 1.